The molecule has 0 aromatic heterocycles. The predicted octanol–water partition coefficient (Wildman–Crippen LogP) is 3.71. The first-order valence-electron chi connectivity index (χ1n) is 7.65. The Balaban J connectivity index is 1.56. The fraction of sp³-hybridized carbons (Fsp3) is 0.588. The van der Waals surface area contributed by atoms with Crippen molar-refractivity contribution >= 4 is 5.91 Å². The Hall–Kier alpha value is -1.31. The lowest BCUT2D eigenvalue weighted by atomic mass is 9.87. The van der Waals surface area contributed by atoms with Crippen molar-refractivity contribution in [2.75, 3.05) is 6.54 Å². The van der Waals surface area contributed by atoms with Gasteiger partial charge in [0.25, 0.3) is 0 Å². The molecule has 19 heavy (non-hydrogen) atoms. The van der Waals surface area contributed by atoms with E-state index in [4.69, 9.17) is 0 Å². The normalized spacial score (nSPS) is 16.2. The summed E-state index contributed by atoms with van der Waals surface area (Å²) < 4.78 is 0. The smallest absolute Gasteiger partial charge is 0.220 e. The largest absolute Gasteiger partial charge is 0.356 e. The lowest BCUT2D eigenvalue weighted by molar-refractivity contribution is -0.122. The summed E-state index contributed by atoms with van der Waals surface area (Å²) >= 11 is 0. The monoisotopic (exact) mass is 259 g/mol. The van der Waals surface area contributed by atoms with Gasteiger partial charge < -0.3 is 5.32 Å². The maximum Gasteiger partial charge on any atom is 0.220 e. The van der Waals surface area contributed by atoms with E-state index in [1.54, 1.807) is 0 Å². The van der Waals surface area contributed by atoms with E-state index in [-0.39, 0.29) is 5.91 Å². The second-order valence-corrected chi connectivity index (χ2v) is 5.65. The highest BCUT2D eigenvalue weighted by molar-refractivity contribution is 5.76. The number of hydrogen-bond donors (Lipinski definition) is 1. The predicted molar refractivity (Wildman–Crippen MR) is 79.0 cm³/mol. The minimum atomic E-state index is 0.250. The molecule has 2 nitrogen and oxygen atoms in total. The van der Waals surface area contributed by atoms with E-state index >= 15 is 0 Å². The van der Waals surface area contributed by atoms with Crippen LogP contribution >= 0.6 is 0 Å². The number of hydrogen-bond acceptors (Lipinski definition) is 1. The minimum absolute atomic E-state index is 0.250. The Morgan fingerprint density at radius 3 is 2.58 bits per heavy atom. The van der Waals surface area contributed by atoms with Crippen LogP contribution < -0.4 is 5.32 Å². The van der Waals surface area contributed by atoms with Crippen LogP contribution in [0.2, 0.25) is 0 Å². The molecule has 2 rings (SSSR count). The highest BCUT2D eigenvalue weighted by Crippen LogP contribution is 2.25. The Kier molecular flexibility index (Phi) is 5.93. The Labute approximate surface area is 116 Å². The molecule has 2 heteroatoms. The summed E-state index contributed by atoms with van der Waals surface area (Å²) in [7, 11) is 0. The molecular weight excluding hydrogens is 234 g/mol. The van der Waals surface area contributed by atoms with Gasteiger partial charge in [0, 0.05) is 13.0 Å². The van der Waals surface area contributed by atoms with Gasteiger partial charge in [-0.1, -0.05) is 49.6 Å². The van der Waals surface area contributed by atoms with Crippen LogP contribution in [0.4, 0.5) is 0 Å². The Bertz CT molecular complexity index is 368. The number of carbonyl (C=O) groups is 1. The number of rotatable bonds is 6. The highest BCUT2D eigenvalue weighted by Gasteiger charge is 2.16. The molecule has 1 saturated carbocycles. The average Bonchev–Trinajstić information content (AvgIpc) is 2.46. The summed E-state index contributed by atoms with van der Waals surface area (Å²) in [4.78, 5) is 11.8. The van der Waals surface area contributed by atoms with Gasteiger partial charge in [-0.05, 0) is 37.2 Å². The molecule has 0 unspecified atom stereocenters. The Morgan fingerprint density at radius 2 is 1.84 bits per heavy atom. The third-order valence-electron chi connectivity index (χ3n) is 4.01. The van der Waals surface area contributed by atoms with Gasteiger partial charge in [0.15, 0.2) is 0 Å². The molecule has 1 N–H and O–H groups in total. The molecule has 0 atom stereocenters. The second kappa shape index (κ2) is 7.98. The van der Waals surface area contributed by atoms with E-state index in [0.717, 1.165) is 25.8 Å². The van der Waals surface area contributed by atoms with Crippen LogP contribution in [0.1, 0.15) is 50.5 Å². The SMILES string of the molecule is O=C(CC1CCCCC1)NCCCc1ccccc1. The molecule has 1 aliphatic carbocycles. The van der Waals surface area contributed by atoms with Crippen molar-refractivity contribution in [2.24, 2.45) is 5.92 Å². The topological polar surface area (TPSA) is 29.1 Å². The lowest BCUT2D eigenvalue weighted by Gasteiger charge is -2.20. The van der Waals surface area contributed by atoms with Crippen molar-refractivity contribution < 1.29 is 4.79 Å². The number of benzene rings is 1. The zero-order valence-corrected chi connectivity index (χ0v) is 11.7. The van der Waals surface area contributed by atoms with Gasteiger partial charge in [-0.3, -0.25) is 4.79 Å². The minimum Gasteiger partial charge on any atom is -0.356 e. The maximum atomic E-state index is 11.8. The average molecular weight is 259 g/mol. The summed E-state index contributed by atoms with van der Waals surface area (Å²) in [6, 6.07) is 10.5. The number of nitrogens with one attached hydrogen (secondary N) is 1. The zero-order valence-electron chi connectivity index (χ0n) is 11.7. The van der Waals surface area contributed by atoms with Gasteiger partial charge in [0.1, 0.15) is 0 Å². The van der Waals surface area contributed by atoms with Crippen molar-refractivity contribution in [1.29, 1.82) is 0 Å². The number of amides is 1. The first kappa shape index (κ1) is 14.1. The van der Waals surface area contributed by atoms with Crippen molar-refractivity contribution in [3.8, 4) is 0 Å². The molecule has 0 aliphatic heterocycles. The fourth-order valence-electron chi connectivity index (χ4n) is 2.89. The van der Waals surface area contributed by atoms with E-state index in [1.807, 2.05) is 6.07 Å². The van der Waals surface area contributed by atoms with E-state index in [0.29, 0.717) is 5.92 Å². The first-order valence-corrected chi connectivity index (χ1v) is 7.65. The lowest BCUT2D eigenvalue weighted by Crippen LogP contribution is -2.27. The molecule has 0 saturated heterocycles. The van der Waals surface area contributed by atoms with Crippen molar-refractivity contribution in [2.45, 2.75) is 51.4 Å². The fourth-order valence-corrected chi connectivity index (χ4v) is 2.89. The molecular formula is C17H25NO. The van der Waals surface area contributed by atoms with Crippen molar-refractivity contribution in [3.63, 3.8) is 0 Å². The molecule has 0 heterocycles. The van der Waals surface area contributed by atoms with Crippen LogP contribution in [-0.4, -0.2) is 12.5 Å². The van der Waals surface area contributed by atoms with Gasteiger partial charge in [0.2, 0.25) is 5.91 Å². The van der Waals surface area contributed by atoms with E-state index in [2.05, 4.69) is 29.6 Å². The van der Waals surface area contributed by atoms with Crippen LogP contribution in [0, 0.1) is 5.92 Å². The third-order valence-corrected chi connectivity index (χ3v) is 4.01. The quantitative estimate of drug-likeness (QED) is 0.775. The van der Waals surface area contributed by atoms with E-state index < -0.39 is 0 Å². The standard InChI is InChI=1S/C17H25NO/c19-17(14-16-10-5-2-6-11-16)18-13-7-12-15-8-3-1-4-9-15/h1,3-4,8-9,16H,2,5-7,10-14H2,(H,18,19). The molecule has 0 spiro atoms. The number of carbonyl (C=O) groups excluding carboxylic acids is 1. The number of aryl methyl sites for hydroxylation is 1. The molecule has 1 aliphatic rings. The molecule has 1 aromatic rings. The second-order valence-electron chi connectivity index (χ2n) is 5.65. The molecule has 1 aromatic carbocycles. The summed E-state index contributed by atoms with van der Waals surface area (Å²) in [5.74, 6) is 0.892. The van der Waals surface area contributed by atoms with Gasteiger partial charge in [-0.2, -0.15) is 0 Å². The molecule has 104 valence electrons. The van der Waals surface area contributed by atoms with Crippen LogP contribution in [0.5, 0.6) is 0 Å². The highest BCUT2D eigenvalue weighted by atomic mass is 16.1. The van der Waals surface area contributed by atoms with Crippen molar-refractivity contribution in [1.82, 2.24) is 5.32 Å². The van der Waals surface area contributed by atoms with Gasteiger partial charge in [-0.15, -0.1) is 0 Å². The van der Waals surface area contributed by atoms with Crippen molar-refractivity contribution in [3.05, 3.63) is 35.9 Å². The molecule has 0 radical (unpaired) electrons. The van der Waals surface area contributed by atoms with Crippen LogP contribution in [0.25, 0.3) is 0 Å². The summed E-state index contributed by atoms with van der Waals surface area (Å²) in [5.41, 5.74) is 1.35. The van der Waals surface area contributed by atoms with Crippen LogP contribution in [0.3, 0.4) is 0 Å². The van der Waals surface area contributed by atoms with Gasteiger partial charge in [0.05, 0.1) is 0 Å². The van der Waals surface area contributed by atoms with Gasteiger partial charge in [-0.25, -0.2) is 0 Å². The van der Waals surface area contributed by atoms with Gasteiger partial charge >= 0.3 is 0 Å². The summed E-state index contributed by atoms with van der Waals surface area (Å²) in [5, 5.41) is 3.06. The van der Waals surface area contributed by atoms with Crippen LogP contribution in [-0.2, 0) is 11.2 Å². The first-order chi connectivity index (χ1) is 9.34. The summed E-state index contributed by atoms with van der Waals surface area (Å²) in [6.07, 6.45) is 9.29. The molecule has 0 bridgehead atoms. The zero-order chi connectivity index (χ0) is 13.3. The van der Waals surface area contributed by atoms with E-state index in [1.165, 1.54) is 37.7 Å². The van der Waals surface area contributed by atoms with Crippen LogP contribution in [0.15, 0.2) is 30.3 Å². The third kappa shape index (κ3) is 5.46. The molecule has 1 amide bonds. The Morgan fingerprint density at radius 1 is 1.11 bits per heavy atom. The maximum absolute atomic E-state index is 11.8. The molecule has 1 fully saturated rings. The van der Waals surface area contributed by atoms with E-state index in [9.17, 15) is 4.79 Å². The summed E-state index contributed by atoms with van der Waals surface area (Å²) in [6.45, 7) is 0.806.